The average Bonchev–Trinajstić information content (AvgIpc) is 3.07. The fourth-order valence-electron chi connectivity index (χ4n) is 2.89. The number of carbonyl (C=O) groups excluding carboxylic acids is 1. The minimum absolute atomic E-state index is 0.0209. The van der Waals surface area contributed by atoms with E-state index < -0.39 is 0 Å². The fraction of sp³-hybridized carbons (Fsp3) is 0.0952. The molecule has 1 amide bonds. The van der Waals surface area contributed by atoms with Gasteiger partial charge in [-0.15, -0.1) is 10.2 Å². The molecule has 0 atom stereocenters. The Balaban J connectivity index is 1.41. The number of fused-ring (bicyclic) bond motifs is 1. The van der Waals surface area contributed by atoms with Crippen LogP contribution in [0, 0.1) is 0 Å². The maximum atomic E-state index is 12.1. The first-order valence-electron chi connectivity index (χ1n) is 8.49. The second-order valence-corrected chi connectivity index (χ2v) is 6.13. The quantitative estimate of drug-likeness (QED) is 0.604. The summed E-state index contributed by atoms with van der Waals surface area (Å²) in [4.78, 5) is 12.1. The van der Waals surface area contributed by atoms with Crippen molar-refractivity contribution in [3.63, 3.8) is 0 Å². The summed E-state index contributed by atoms with van der Waals surface area (Å²) in [5.74, 6) is 0.869. The van der Waals surface area contributed by atoms with Crippen molar-refractivity contribution >= 4 is 17.2 Å². The zero-order valence-electron chi connectivity index (χ0n) is 14.2. The van der Waals surface area contributed by atoms with Crippen molar-refractivity contribution in [1.82, 2.24) is 14.6 Å². The number of amides is 1. The van der Waals surface area contributed by atoms with E-state index in [1.54, 1.807) is 0 Å². The van der Waals surface area contributed by atoms with Crippen LogP contribution in [0.1, 0.15) is 17.0 Å². The van der Waals surface area contributed by atoms with Crippen molar-refractivity contribution in [2.45, 2.75) is 12.8 Å². The van der Waals surface area contributed by atoms with Crippen molar-refractivity contribution in [3.8, 4) is 0 Å². The number of hydrogen-bond acceptors (Lipinski definition) is 3. The Morgan fingerprint density at radius 1 is 0.846 bits per heavy atom. The van der Waals surface area contributed by atoms with E-state index in [9.17, 15) is 4.79 Å². The predicted molar refractivity (Wildman–Crippen MR) is 101 cm³/mol. The third-order valence-corrected chi connectivity index (χ3v) is 4.19. The molecule has 26 heavy (non-hydrogen) atoms. The minimum Gasteiger partial charge on any atom is -0.326 e. The minimum atomic E-state index is -0.0209. The number of anilines is 1. The van der Waals surface area contributed by atoms with Crippen LogP contribution in [0.4, 0.5) is 5.69 Å². The van der Waals surface area contributed by atoms with Gasteiger partial charge in [-0.25, -0.2) is 0 Å². The molecule has 2 aromatic heterocycles. The standard InChI is InChI=1S/C21H18N4O/c26-21(15-16-6-2-1-3-7-16)22-18-11-9-17(10-12-18)14-20-24-23-19-8-4-5-13-25(19)20/h1-13H,14-15H2,(H,22,26). The van der Waals surface area contributed by atoms with Crippen molar-refractivity contribution in [2.75, 3.05) is 5.32 Å². The number of nitrogens with one attached hydrogen (secondary N) is 1. The number of rotatable bonds is 5. The van der Waals surface area contributed by atoms with E-state index in [1.165, 1.54) is 0 Å². The molecule has 128 valence electrons. The van der Waals surface area contributed by atoms with E-state index in [0.717, 1.165) is 28.3 Å². The molecule has 0 unspecified atom stereocenters. The topological polar surface area (TPSA) is 59.3 Å². The van der Waals surface area contributed by atoms with Gasteiger partial charge in [-0.3, -0.25) is 9.20 Å². The van der Waals surface area contributed by atoms with Crippen LogP contribution < -0.4 is 5.32 Å². The molecule has 0 radical (unpaired) electrons. The lowest BCUT2D eigenvalue weighted by Gasteiger charge is -2.07. The molecule has 0 bridgehead atoms. The number of pyridine rings is 1. The molecular formula is C21H18N4O. The van der Waals surface area contributed by atoms with Gasteiger partial charge in [-0.05, 0) is 35.4 Å². The van der Waals surface area contributed by atoms with E-state index in [1.807, 2.05) is 83.4 Å². The summed E-state index contributed by atoms with van der Waals surface area (Å²) >= 11 is 0. The first-order valence-corrected chi connectivity index (χ1v) is 8.49. The first kappa shape index (κ1) is 16.0. The molecule has 0 aliphatic rings. The molecule has 4 aromatic rings. The lowest BCUT2D eigenvalue weighted by atomic mass is 10.1. The Labute approximate surface area is 151 Å². The fourth-order valence-corrected chi connectivity index (χ4v) is 2.89. The van der Waals surface area contributed by atoms with E-state index in [-0.39, 0.29) is 5.91 Å². The van der Waals surface area contributed by atoms with Gasteiger partial charge in [0.15, 0.2) is 5.65 Å². The van der Waals surface area contributed by atoms with E-state index in [4.69, 9.17) is 0 Å². The van der Waals surface area contributed by atoms with Crippen molar-refractivity contribution < 1.29 is 4.79 Å². The monoisotopic (exact) mass is 342 g/mol. The van der Waals surface area contributed by atoms with Gasteiger partial charge in [0.05, 0.1) is 6.42 Å². The maximum absolute atomic E-state index is 12.1. The van der Waals surface area contributed by atoms with E-state index in [2.05, 4.69) is 15.5 Å². The zero-order chi connectivity index (χ0) is 17.8. The molecule has 2 heterocycles. The zero-order valence-corrected chi connectivity index (χ0v) is 14.2. The number of carbonyl (C=O) groups is 1. The van der Waals surface area contributed by atoms with Gasteiger partial charge in [0.25, 0.3) is 0 Å². The summed E-state index contributed by atoms with van der Waals surface area (Å²) in [7, 11) is 0. The van der Waals surface area contributed by atoms with E-state index >= 15 is 0 Å². The lowest BCUT2D eigenvalue weighted by Crippen LogP contribution is -2.14. The van der Waals surface area contributed by atoms with Crippen molar-refractivity contribution in [1.29, 1.82) is 0 Å². The Morgan fingerprint density at radius 2 is 1.62 bits per heavy atom. The summed E-state index contributed by atoms with van der Waals surface area (Å²) in [6.07, 6.45) is 3.01. The van der Waals surface area contributed by atoms with Crippen LogP contribution in [0.3, 0.4) is 0 Å². The van der Waals surface area contributed by atoms with Crippen LogP contribution in [0.5, 0.6) is 0 Å². The van der Waals surface area contributed by atoms with Crippen LogP contribution in [0.15, 0.2) is 79.0 Å². The van der Waals surface area contributed by atoms with Gasteiger partial charge in [0, 0.05) is 18.3 Å². The third-order valence-electron chi connectivity index (χ3n) is 4.19. The van der Waals surface area contributed by atoms with E-state index in [0.29, 0.717) is 12.8 Å². The molecule has 2 aromatic carbocycles. The SMILES string of the molecule is O=C(Cc1ccccc1)Nc1ccc(Cc2nnc3ccccn23)cc1. The summed E-state index contributed by atoms with van der Waals surface area (Å²) in [6, 6.07) is 23.4. The van der Waals surface area contributed by atoms with Gasteiger partial charge in [-0.2, -0.15) is 0 Å². The van der Waals surface area contributed by atoms with Gasteiger partial charge < -0.3 is 5.32 Å². The molecule has 5 nitrogen and oxygen atoms in total. The highest BCUT2D eigenvalue weighted by Crippen LogP contribution is 2.14. The number of nitrogens with zero attached hydrogens (tertiary/aromatic N) is 3. The number of aromatic nitrogens is 3. The lowest BCUT2D eigenvalue weighted by molar-refractivity contribution is -0.115. The molecule has 0 aliphatic heterocycles. The van der Waals surface area contributed by atoms with Crippen LogP contribution in [-0.4, -0.2) is 20.5 Å². The highest BCUT2D eigenvalue weighted by molar-refractivity contribution is 5.92. The maximum Gasteiger partial charge on any atom is 0.228 e. The van der Waals surface area contributed by atoms with Gasteiger partial charge in [-0.1, -0.05) is 48.5 Å². The highest BCUT2D eigenvalue weighted by Gasteiger charge is 2.07. The Morgan fingerprint density at radius 3 is 2.42 bits per heavy atom. The van der Waals surface area contributed by atoms with Gasteiger partial charge in [0.2, 0.25) is 5.91 Å². The highest BCUT2D eigenvalue weighted by atomic mass is 16.1. The predicted octanol–water partition coefficient (Wildman–Crippen LogP) is 3.50. The second kappa shape index (κ2) is 7.19. The molecule has 0 fully saturated rings. The van der Waals surface area contributed by atoms with Crippen LogP contribution in [0.25, 0.3) is 5.65 Å². The summed E-state index contributed by atoms with van der Waals surface area (Å²) in [5, 5.41) is 11.4. The third kappa shape index (κ3) is 3.62. The van der Waals surface area contributed by atoms with Crippen molar-refractivity contribution in [3.05, 3.63) is 95.9 Å². The molecular weight excluding hydrogens is 324 g/mol. The molecule has 0 saturated carbocycles. The van der Waals surface area contributed by atoms with Crippen LogP contribution >= 0.6 is 0 Å². The van der Waals surface area contributed by atoms with Gasteiger partial charge >= 0.3 is 0 Å². The van der Waals surface area contributed by atoms with Crippen LogP contribution in [0.2, 0.25) is 0 Å². The first-order chi connectivity index (χ1) is 12.8. The number of hydrogen-bond donors (Lipinski definition) is 1. The Kier molecular flexibility index (Phi) is 4.43. The Bertz CT molecular complexity index is 1020. The molecule has 4 rings (SSSR count). The molecule has 1 N–H and O–H groups in total. The molecule has 0 spiro atoms. The average molecular weight is 342 g/mol. The molecule has 5 heteroatoms. The van der Waals surface area contributed by atoms with Crippen molar-refractivity contribution in [2.24, 2.45) is 0 Å². The van der Waals surface area contributed by atoms with Crippen LogP contribution in [-0.2, 0) is 17.6 Å². The van der Waals surface area contributed by atoms with Gasteiger partial charge in [0.1, 0.15) is 5.82 Å². The Hall–Kier alpha value is -3.47. The summed E-state index contributed by atoms with van der Waals surface area (Å²) in [5.41, 5.74) is 3.75. The normalized spacial score (nSPS) is 10.8. The molecule has 0 aliphatic carbocycles. The summed E-state index contributed by atoms with van der Waals surface area (Å²) in [6.45, 7) is 0. The largest absolute Gasteiger partial charge is 0.326 e. The smallest absolute Gasteiger partial charge is 0.228 e. The summed E-state index contributed by atoms with van der Waals surface area (Å²) < 4.78 is 1.98. The second-order valence-electron chi connectivity index (χ2n) is 6.13. The number of benzene rings is 2. The molecule has 0 saturated heterocycles.